The Morgan fingerprint density at radius 1 is 0.448 bits per heavy atom. The van der Waals surface area contributed by atoms with Crippen molar-refractivity contribution in [2.75, 3.05) is 39.6 Å². The average Bonchev–Trinajstić information content (AvgIpc) is 2.70. The van der Waals surface area contributed by atoms with Crippen molar-refractivity contribution in [1.82, 2.24) is 0 Å². The normalized spacial score (nSPS) is 10.6. The van der Waals surface area contributed by atoms with Crippen LogP contribution in [0.4, 0.5) is 0 Å². The van der Waals surface area contributed by atoms with Gasteiger partial charge in [-0.2, -0.15) is 0 Å². The van der Waals surface area contributed by atoms with Crippen molar-refractivity contribution in [1.29, 1.82) is 0 Å². The molecule has 0 aliphatic heterocycles. The quantitative estimate of drug-likeness (QED) is 0.168. The summed E-state index contributed by atoms with van der Waals surface area (Å²) < 4.78 is 34.3. The van der Waals surface area contributed by atoms with Crippen LogP contribution in [0.15, 0.2) is 0 Å². The van der Waals surface area contributed by atoms with Crippen LogP contribution in [0, 0.1) is 0 Å². The van der Waals surface area contributed by atoms with Crippen molar-refractivity contribution in [2.45, 2.75) is 89.9 Å². The van der Waals surface area contributed by atoms with Crippen LogP contribution in [0.5, 0.6) is 0 Å². The fraction of sp³-hybridized carbons (Fsp3) is 1.00. The molecule has 0 rings (SSSR count). The molecule has 9 heteroatoms. The zero-order valence-electron chi connectivity index (χ0n) is 20.4. The molecule has 0 spiro atoms. The molecule has 0 saturated heterocycles. The maximum absolute atomic E-state index is 5.18. The predicted molar refractivity (Wildman–Crippen MR) is 126 cm³/mol. The summed E-state index contributed by atoms with van der Waals surface area (Å²) in [5, 5.41) is 0. The van der Waals surface area contributed by atoms with Gasteiger partial charge in [-0.25, -0.2) is 0 Å². The van der Waals surface area contributed by atoms with Gasteiger partial charge in [0.15, 0.2) is 0 Å². The van der Waals surface area contributed by atoms with Crippen molar-refractivity contribution >= 4 is 40.2 Å². The fourth-order valence-corrected chi connectivity index (χ4v) is 7.76. The number of rotatable bonds is 18. The Hall–Kier alpha value is 0.992. The first-order chi connectivity index (χ1) is 14.1. The Labute approximate surface area is 195 Å². The van der Waals surface area contributed by atoms with Gasteiger partial charge in [-0.1, -0.05) is 0 Å². The SMILES string of the molecule is CCC[CH2][Sn][CH2]CCC.CCO[Si](OCC)OCC.CCO[Si](OCC)OCC. The largest absolute Gasteiger partial charge is 0.577 e. The van der Waals surface area contributed by atoms with Crippen molar-refractivity contribution < 1.29 is 26.6 Å². The molecule has 0 fully saturated rings. The van der Waals surface area contributed by atoms with Crippen LogP contribution in [0.25, 0.3) is 0 Å². The molecule has 0 aromatic rings. The molecule has 29 heavy (non-hydrogen) atoms. The van der Waals surface area contributed by atoms with Crippen LogP contribution in [-0.2, 0) is 26.6 Å². The molecule has 0 saturated carbocycles. The summed E-state index contributed by atoms with van der Waals surface area (Å²) in [5.41, 5.74) is 0. The summed E-state index contributed by atoms with van der Waals surface area (Å²) in [6, 6.07) is 0. The van der Waals surface area contributed by atoms with Gasteiger partial charge in [0, 0.05) is 39.6 Å². The third kappa shape index (κ3) is 33.8. The summed E-state index contributed by atoms with van der Waals surface area (Å²) in [4.78, 5) is 0. The van der Waals surface area contributed by atoms with E-state index in [2.05, 4.69) is 13.8 Å². The molecule has 0 aliphatic carbocycles. The summed E-state index contributed by atoms with van der Waals surface area (Å²) in [6.07, 6.45) is 5.84. The monoisotopic (exact) mass is 560 g/mol. The van der Waals surface area contributed by atoms with E-state index in [1.54, 1.807) is 8.87 Å². The van der Waals surface area contributed by atoms with Crippen molar-refractivity contribution in [3.8, 4) is 0 Å². The Kier molecular flexibility index (Phi) is 40.1. The Morgan fingerprint density at radius 3 is 0.862 bits per heavy atom. The van der Waals surface area contributed by atoms with Gasteiger partial charge in [-0.3, -0.25) is 0 Å². The van der Waals surface area contributed by atoms with E-state index >= 15 is 0 Å². The van der Waals surface area contributed by atoms with Gasteiger partial charge in [0.2, 0.25) is 0 Å². The van der Waals surface area contributed by atoms with Crippen LogP contribution in [0.3, 0.4) is 0 Å². The van der Waals surface area contributed by atoms with Crippen LogP contribution in [0.2, 0.25) is 8.87 Å². The molecule has 0 bridgehead atoms. The van der Waals surface area contributed by atoms with E-state index < -0.39 is 19.1 Å². The Morgan fingerprint density at radius 2 is 0.690 bits per heavy atom. The van der Waals surface area contributed by atoms with Crippen LogP contribution in [-0.4, -0.2) is 79.8 Å². The molecule has 0 heterocycles. The Bertz CT molecular complexity index is 217. The molecule has 0 aliphatic rings. The molecule has 0 atom stereocenters. The second kappa shape index (κ2) is 33.6. The van der Waals surface area contributed by atoms with E-state index in [-0.39, 0.29) is 21.1 Å². The first-order valence-electron chi connectivity index (χ1n) is 11.3. The molecular formula is C20H48O6Si2Sn. The predicted octanol–water partition coefficient (Wildman–Crippen LogP) is 5.29. The van der Waals surface area contributed by atoms with Gasteiger partial charge in [0.1, 0.15) is 0 Å². The van der Waals surface area contributed by atoms with E-state index in [0.29, 0.717) is 39.6 Å². The molecule has 0 N–H and O–H groups in total. The minimum Gasteiger partial charge on any atom is -0.371 e. The summed E-state index contributed by atoms with van der Waals surface area (Å²) in [7, 11) is -2.79. The summed E-state index contributed by atoms with van der Waals surface area (Å²) in [6.45, 7) is 20.1. The molecule has 4 radical (unpaired) electrons. The van der Waals surface area contributed by atoms with Crippen molar-refractivity contribution in [3.05, 3.63) is 0 Å². The first-order valence-corrected chi connectivity index (χ1v) is 17.8. The van der Waals surface area contributed by atoms with Gasteiger partial charge < -0.3 is 26.6 Å². The zero-order chi connectivity index (χ0) is 22.6. The molecule has 0 aromatic heterocycles. The van der Waals surface area contributed by atoms with Crippen LogP contribution < -0.4 is 0 Å². The summed E-state index contributed by atoms with van der Waals surface area (Å²) in [5.74, 6) is 0. The first kappa shape index (κ1) is 34.6. The molecule has 6 nitrogen and oxygen atoms in total. The molecule has 176 valence electrons. The van der Waals surface area contributed by atoms with E-state index in [0.717, 1.165) is 0 Å². The maximum Gasteiger partial charge on any atom is 0.577 e. The molecule has 0 aromatic carbocycles. The number of hydrogen-bond donors (Lipinski definition) is 0. The smallest absolute Gasteiger partial charge is 0.371 e. The Balaban J connectivity index is -0.000000350. The third-order valence-corrected chi connectivity index (χ3v) is 10.2. The van der Waals surface area contributed by atoms with Gasteiger partial charge in [0.25, 0.3) is 0 Å². The van der Waals surface area contributed by atoms with Crippen molar-refractivity contribution in [2.24, 2.45) is 0 Å². The molecule has 0 unspecified atom stereocenters. The second-order valence-corrected chi connectivity index (χ2v) is 12.6. The van der Waals surface area contributed by atoms with Gasteiger partial charge in [-0.15, -0.1) is 0 Å². The fourth-order valence-electron chi connectivity index (χ4n) is 1.69. The van der Waals surface area contributed by atoms with Crippen molar-refractivity contribution in [3.63, 3.8) is 0 Å². The van der Waals surface area contributed by atoms with Gasteiger partial charge in [-0.05, 0) is 41.5 Å². The minimum atomic E-state index is -1.40. The third-order valence-electron chi connectivity index (χ3n) is 2.99. The maximum atomic E-state index is 5.18. The standard InChI is InChI=1S/2C6H15O3Si.2C4H9.Sn/c2*1-4-7-10(8-5-2)9-6-3;2*1-3-4-2;/h2*4-6H2,1-3H3;2*1,3-4H2,2H3;. The van der Waals surface area contributed by atoms with Gasteiger partial charge >= 0.3 is 88.6 Å². The number of unbranched alkanes of at least 4 members (excludes halogenated alkanes) is 2. The zero-order valence-corrected chi connectivity index (χ0v) is 25.3. The van der Waals surface area contributed by atoms with E-state index in [1.165, 1.54) is 25.7 Å². The van der Waals surface area contributed by atoms with Crippen LogP contribution in [0.1, 0.15) is 81.1 Å². The minimum absolute atomic E-state index is 0.149. The summed E-state index contributed by atoms with van der Waals surface area (Å²) >= 11 is 0.149. The molecule has 0 amide bonds. The van der Waals surface area contributed by atoms with Crippen LogP contribution >= 0.6 is 0 Å². The molecular weight excluding hydrogens is 511 g/mol. The van der Waals surface area contributed by atoms with Gasteiger partial charge in [0.05, 0.1) is 0 Å². The topological polar surface area (TPSA) is 55.4 Å². The van der Waals surface area contributed by atoms with E-state index in [1.807, 2.05) is 41.5 Å². The van der Waals surface area contributed by atoms with E-state index in [4.69, 9.17) is 26.6 Å². The van der Waals surface area contributed by atoms with E-state index in [9.17, 15) is 0 Å². The second-order valence-electron chi connectivity index (χ2n) is 5.56. The average molecular weight is 559 g/mol. The number of hydrogen-bond acceptors (Lipinski definition) is 6.